The third-order valence-electron chi connectivity index (χ3n) is 4.04. The van der Waals surface area contributed by atoms with Crippen LogP contribution in [0, 0.1) is 0 Å². The van der Waals surface area contributed by atoms with Crippen molar-refractivity contribution in [3.63, 3.8) is 0 Å². The van der Waals surface area contributed by atoms with Gasteiger partial charge in [0.15, 0.2) is 0 Å². The minimum atomic E-state index is -0.382. The molecule has 0 radical (unpaired) electrons. The van der Waals surface area contributed by atoms with Gasteiger partial charge in [0.25, 0.3) is 0 Å². The van der Waals surface area contributed by atoms with Crippen LogP contribution in [0.25, 0.3) is 16.7 Å². The summed E-state index contributed by atoms with van der Waals surface area (Å²) < 4.78 is 5.27. The van der Waals surface area contributed by atoms with Crippen LogP contribution < -0.4 is 0 Å². The van der Waals surface area contributed by atoms with Crippen LogP contribution in [-0.4, -0.2) is 32.2 Å². The van der Waals surface area contributed by atoms with Crippen LogP contribution in [0.4, 0.5) is 0 Å². The minimum Gasteiger partial charge on any atom is -0.506 e. The highest BCUT2D eigenvalue weighted by Gasteiger charge is 2.12. The SMILES string of the molecule is C=C(C)C(=O)OC(C)CCc1ccc(-n2nc3ccccc3n2)c(O)c1. The van der Waals surface area contributed by atoms with E-state index in [0.717, 1.165) is 16.6 Å². The number of esters is 1. The van der Waals surface area contributed by atoms with E-state index >= 15 is 0 Å². The second-order valence-electron chi connectivity index (χ2n) is 6.34. The molecule has 1 aromatic heterocycles. The second-order valence-corrected chi connectivity index (χ2v) is 6.34. The summed E-state index contributed by atoms with van der Waals surface area (Å²) in [5.74, 6) is -0.276. The van der Waals surface area contributed by atoms with E-state index in [2.05, 4.69) is 16.8 Å². The molecule has 0 aliphatic rings. The number of benzene rings is 2. The highest BCUT2D eigenvalue weighted by atomic mass is 16.5. The van der Waals surface area contributed by atoms with Gasteiger partial charge < -0.3 is 9.84 Å². The van der Waals surface area contributed by atoms with Crippen LogP contribution in [-0.2, 0) is 16.0 Å². The predicted octanol–water partition coefficient (Wildman–Crippen LogP) is 3.57. The van der Waals surface area contributed by atoms with Gasteiger partial charge in [-0.15, -0.1) is 15.0 Å². The molecular formula is C20H21N3O3. The largest absolute Gasteiger partial charge is 0.506 e. The first-order valence-electron chi connectivity index (χ1n) is 8.45. The maximum atomic E-state index is 11.5. The molecule has 6 nitrogen and oxygen atoms in total. The van der Waals surface area contributed by atoms with Crippen molar-refractivity contribution in [1.29, 1.82) is 0 Å². The molecule has 0 bridgehead atoms. The Morgan fingerprint density at radius 1 is 1.23 bits per heavy atom. The van der Waals surface area contributed by atoms with Gasteiger partial charge in [-0.1, -0.05) is 24.8 Å². The van der Waals surface area contributed by atoms with Crippen molar-refractivity contribution in [1.82, 2.24) is 15.0 Å². The first-order chi connectivity index (χ1) is 12.4. The molecule has 1 N–H and O–H groups in total. The molecule has 0 spiro atoms. The molecule has 0 fully saturated rings. The fourth-order valence-electron chi connectivity index (χ4n) is 2.57. The lowest BCUT2D eigenvalue weighted by molar-refractivity contribution is -0.143. The Bertz CT molecular complexity index is 929. The Labute approximate surface area is 151 Å². The quantitative estimate of drug-likeness (QED) is 0.543. The van der Waals surface area contributed by atoms with Crippen LogP contribution in [0.1, 0.15) is 25.8 Å². The van der Waals surface area contributed by atoms with Crippen molar-refractivity contribution >= 4 is 17.0 Å². The number of phenols is 1. The Morgan fingerprint density at radius 3 is 2.46 bits per heavy atom. The summed E-state index contributed by atoms with van der Waals surface area (Å²) in [6.07, 6.45) is 1.11. The van der Waals surface area contributed by atoms with E-state index in [1.807, 2.05) is 37.3 Å². The zero-order chi connectivity index (χ0) is 18.7. The van der Waals surface area contributed by atoms with Gasteiger partial charge in [-0.05, 0) is 56.5 Å². The number of aromatic hydroxyl groups is 1. The number of fused-ring (bicyclic) bond motifs is 1. The van der Waals surface area contributed by atoms with Crippen LogP contribution in [0.5, 0.6) is 5.75 Å². The van der Waals surface area contributed by atoms with Gasteiger partial charge in [-0.3, -0.25) is 0 Å². The summed E-state index contributed by atoms with van der Waals surface area (Å²) in [6, 6.07) is 12.9. The van der Waals surface area contributed by atoms with Gasteiger partial charge in [0.05, 0.1) is 6.10 Å². The molecule has 1 unspecified atom stereocenters. The van der Waals surface area contributed by atoms with Crippen molar-refractivity contribution in [3.05, 3.63) is 60.2 Å². The summed E-state index contributed by atoms with van der Waals surface area (Å²) in [5, 5.41) is 19.1. The van der Waals surface area contributed by atoms with Crippen molar-refractivity contribution in [3.8, 4) is 11.4 Å². The average molecular weight is 351 g/mol. The van der Waals surface area contributed by atoms with E-state index in [1.54, 1.807) is 19.1 Å². The molecule has 1 atom stereocenters. The fraction of sp³-hybridized carbons (Fsp3) is 0.250. The number of rotatable bonds is 6. The highest BCUT2D eigenvalue weighted by Crippen LogP contribution is 2.24. The van der Waals surface area contributed by atoms with Crippen LogP contribution in [0.3, 0.4) is 0 Å². The van der Waals surface area contributed by atoms with Crippen molar-refractivity contribution in [2.24, 2.45) is 0 Å². The molecule has 0 aliphatic heterocycles. The lowest BCUT2D eigenvalue weighted by Gasteiger charge is -2.13. The van der Waals surface area contributed by atoms with Gasteiger partial charge in [0, 0.05) is 5.57 Å². The molecule has 0 amide bonds. The third-order valence-corrected chi connectivity index (χ3v) is 4.04. The van der Waals surface area contributed by atoms with Gasteiger partial charge in [-0.2, -0.15) is 0 Å². The van der Waals surface area contributed by atoms with E-state index in [1.165, 1.54) is 4.80 Å². The standard InChI is InChI=1S/C20H21N3O3/c1-13(2)20(25)26-14(3)8-9-15-10-11-18(19(24)12-15)23-21-16-6-4-5-7-17(16)22-23/h4-7,10-12,14,24H,1,8-9H2,2-3H3. The summed E-state index contributed by atoms with van der Waals surface area (Å²) in [7, 11) is 0. The number of carbonyl (C=O) groups excluding carboxylic acids is 1. The predicted molar refractivity (Wildman–Crippen MR) is 99.2 cm³/mol. The highest BCUT2D eigenvalue weighted by molar-refractivity contribution is 5.87. The lowest BCUT2D eigenvalue weighted by atomic mass is 10.1. The molecule has 0 aliphatic carbocycles. The Kier molecular flexibility index (Phi) is 5.02. The zero-order valence-corrected chi connectivity index (χ0v) is 14.8. The fourth-order valence-corrected chi connectivity index (χ4v) is 2.57. The topological polar surface area (TPSA) is 77.2 Å². The maximum Gasteiger partial charge on any atom is 0.333 e. The molecule has 3 aromatic rings. The number of carbonyl (C=O) groups is 1. The number of nitrogens with zero attached hydrogens (tertiary/aromatic N) is 3. The number of phenolic OH excluding ortho intramolecular Hbond substituents is 1. The van der Waals surface area contributed by atoms with Gasteiger partial charge in [-0.25, -0.2) is 4.79 Å². The van der Waals surface area contributed by atoms with Crippen LogP contribution >= 0.6 is 0 Å². The molecule has 134 valence electrons. The van der Waals surface area contributed by atoms with Crippen molar-refractivity contribution in [2.75, 3.05) is 0 Å². The number of aryl methyl sites for hydroxylation is 1. The Hall–Kier alpha value is -3.15. The minimum absolute atomic E-state index is 0.106. The maximum absolute atomic E-state index is 11.5. The van der Waals surface area contributed by atoms with E-state index in [-0.39, 0.29) is 17.8 Å². The first-order valence-corrected chi connectivity index (χ1v) is 8.45. The third kappa shape index (κ3) is 3.91. The molecule has 6 heteroatoms. The summed E-state index contributed by atoms with van der Waals surface area (Å²) in [4.78, 5) is 12.9. The summed E-state index contributed by atoms with van der Waals surface area (Å²) >= 11 is 0. The summed E-state index contributed by atoms with van der Waals surface area (Å²) in [6.45, 7) is 7.04. The lowest BCUT2D eigenvalue weighted by Crippen LogP contribution is -2.16. The molecule has 0 saturated heterocycles. The Balaban J connectivity index is 1.69. The summed E-state index contributed by atoms with van der Waals surface area (Å²) in [5.41, 5.74) is 3.39. The molecular weight excluding hydrogens is 330 g/mol. The average Bonchev–Trinajstić information content (AvgIpc) is 3.03. The van der Waals surface area contributed by atoms with Crippen molar-refractivity contribution < 1.29 is 14.6 Å². The van der Waals surface area contributed by atoms with E-state index < -0.39 is 0 Å². The van der Waals surface area contributed by atoms with Crippen molar-refractivity contribution in [2.45, 2.75) is 32.8 Å². The van der Waals surface area contributed by atoms with E-state index in [9.17, 15) is 9.90 Å². The Morgan fingerprint density at radius 2 is 1.88 bits per heavy atom. The monoisotopic (exact) mass is 351 g/mol. The van der Waals surface area contributed by atoms with Gasteiger partial charge in [0.2, 0.25) is 0 Å². The van der Waals surface area contributed by atoms with E-state index in [0.29, 0.717) is 24.1 Å². The number of aromatic nitrogens is 3. The number of ether oxygens (including phenoxy) is 1. The van der Waals surface area contributed by atoms with E-state index in [4.69, 9.17) is 4.74 Å². The molecule has 2 aromatic carbocycles. The van der Waals surface area contributed by atoms with Crippen LogP contribution in [0.15, 0.2) is 54.6 Å². The van der Waals surface area contributed by atoms with Crippen LogP contribution in [0.2, 0.25) is 0 Å². The normalized spacial score (nSPS) is 12.1. The molecule has 26 heavy (non-hydrogen) atoms. The van der Waals surface area contributed by atoms with Gasteiger partial charge in [0.1, 0.15) is 22.5 Å². The zero-order valence-electron chi connectivity index (χ0n) is 14.8. The number of hydrogen-bond donors (Lipinski definition) is 1. The van der Waals surface area contributed by atoms with Gasteiger partial charge >= 0.3 is 5.97 Å². The number of hydrogen-bond acceptors (Lipinski definition) is 5. The molecule has 0 saturated carbocycles. The molecule has 1 heterocycles. The molecule has 3 rings (SSSR count). The second kappa shape index (κ2) is 7.39. The first kappa shape index (κ1) is 17.7. The smallest absolute Gasteiger partial charge is 0.333 e.